The standard InChI is InChI=1S/C24H12F5N2OS/c25-16-7-6-15(19(26)10-16)13-31-20(11-18(24(27,28)29)17(12-30)23(31)32)22-9-8-21(33-22)14-4-2-1-3-5-14/h2-11H,13H2. The van der Waals surface area contributed by atoms with Gasteiger partial charge in [-0.05, 0) is 35.9 Å². The van der Waals surface area contributed by atoms with E-state index >= 15 is 0 Å². The lowest BCUT2D eigenvalue weighted by Gasteiger charge is -2.17. The highest BCUT2D eigenvalue weighted by molar-refractivity contribution is 7.18. The van der Waals surface area contributed by atoms with Crippen LogP contribution in [0.5, 0.6) is 0 Å². The third-order valence-corrected chi connectivity index (χ3v) is 6.08. The lowest BCUT2D eigenvalue weighted by atomic mass is 10.1. The minimum absolute atomic E-state index is 0.112. The molecule has 2 heterocycles. The minimum atomic E-state index is -4.95. The van der Waals surface area contributed by atoms with E-state index in [0.717, 1.165) is 44.5 Å². The van der Waals surface area contributed by atoms with Gasteiger partial charge >= 0.3 is 6.18 Å². The van der Waals surface area contributed by atoms with Crippen LogP contribution in [-0.2, 0) is 12.7 Å². The van der Waals surface area contributed by atoms with Crippen LogP contribution in [0.2, 0.25) is 0 Å². The fraction of sp³-hybridized carbons (Fsp3) is 0.0833. The van der Waals surface area contributed by atoms with Gasteiger partial charge in [-0.1, -0.05) is 30.3 Å². The van der Waals surface area contributed by atoms with E-state index in [0.29, 0.717) is 10.9 Å². The van der Waals surface area contributed by atoms with Gasteiger partial charge in [-0.15, -0.1) is 11.3 Å². The fourth-order valence-corrected chi connectivity index (χ4v) is 4.38. The number of thiophene rings is 1. The molecule has 33 heavy (non-hydrogen) atoms. The molecule has 0 aliphatic rings. The van der Waals surface area contributed by atoms with Crippen molar-refractivity contribution >= 4 is 11.3 Å². The van der Waals surface area contributed by atoms with Gasteiger partial charge in [-0.25, -0.2) is 8.78 Å². The molecule has 0 N–H and O–H groups in total. The van der Waals surface area contributed by atoms with Gasteiger partial charge in [0.2, 0.25) is 0 Å². The summed E-state index contributed by atoms with van der Waals surface area (Å²) in [5.41, 5.74) is -3.12. The van der Waals surface area contributed by atoms with Crippen LogP contribution in [0.4, 0.5) is 22.0 Å². The largest absolute Gasteiger partial charge is 0.417 e. The summed E-state index contributed by atoms with van der Waals surface area (Å²) < 4.78 is 69.4. The molecule has 3 nitrogen and oxygen atoms in total. The van der Waals surface area contributed by atoms with E-state index < -0.39 is 41.0 Å². The van der Waals surface area contributed by atoms with E-state index in [-0.39, 0.29) is 11.3 Å². The van der Waals surface area contributed by atoms with Gasteiger partial charge in [0.25, 0.3) is 5.56 Å². The maximum absolute atomic E-state index is 14.3. The average molecular weight is 471 g/mol. The van der Waals surface area contributed by atoms with Gasteiger partial charge < -0.3 is 4.57 Å². The Bertz CT molecular complexity index is 1430. The summed E-state index contributed by atoms with van der Waals surface area (Å²) in [5, 5.41) is 9.27. The monoisotopic (exact) mass is 471 g/mol. The SMILES string of the molecule is N#Cc1c(C(F)(F)F)cc(-c2ccc(-c3cc[c]cc3)s2)n(Cc2ccc(F)cc2F)c1=O. The fourth-order valence-electron chi connectivity index (χ4n) is 3.34. The summed E-state index contributed by atoms with van der Waals surface area (Å²) in [6.45, 7) is -0.485. The van der Waals surface area contributed by atoms with Crippen LogP contribution in [0.1, 0.15) is 16.7 Å². The first kappa shape index (κ1) is 22.4. The Kier molecular flexibility index (Phi) is 5.87. The van der Waals surface area contributed by atoms with Crippen molar-refractivity contribution < 1.29 is 22.0 Å². The Balaban J connectivity index is 1.94. The average Bonchev–Trinajstić information content (AvgIpc) is 3.26. The van der Waals surface area contributed by atoms with Crippen LogP contribution < -0.4 is 5.56 Å². The molecule has 4 aromatic rings. The molecule has 1 radical (unpaired) electrons. The van der Waals surface area contributed by atoms with Crippen molar-refractivity contribution in [2.24, 2.45) is 0 Å². The number of nitriles is 1. The highest BCUT2D eigenvalue weighted by Crippen LogP contribution is 2.38. The quantitative estimate of drug-likeness (QED) is 0.330. The molecule has 0 saturated heterocycles. The van der Waals surface area contributed by atoms with E-state index in [9.17, 15) is 32.0 Å². The summed E-state index contributed by atoms with van der Waals surface area (Å²) in [5.74, 6) is -1.80. The number of nitrogens with zero attached hydrogens (tertiary/aromatic N) is 2. The lowest BCUT2D eigenvalue weighted by Crippen LogP contribution is -2.28. The van der Waals surface area contributed by atoms with Crippen molar-refractivity contribution in [2.75, 3.05) is 0 Å². The molecule has 4 rings (SSSR count). The smallest absolute Gasteiger partial charge is 0.302 e. The molecule has 0 saturated carbocycles. The molecule has 0 amide bonds. The van der Waals surface area contributed by atoms with Crippen LogP contribution in [-0.4, -0.2) is 4.57 Å². The van der Waals surface area contributed by atoms with Gasteiger partial charge in [0.1, 0.15) is 23.3 Å². The number of halogens is 5. The Morgan fingerprint density at radius 1 is 1.00 bits per heavy atom. The molecule has 165 valence electrons. The van der Waals surface area contributed by atoms with E-state index in [4.69, 9.17) is 0 Å². The van der Waals surface area contributed by atoms with Crippen LogP contribution >= 0.6 is 11.3 Å². The number of benzene rings is 2. The summed E-state index contributed by atoms with van der Waals surface area (Å²) >= 11 is 1.13. The van der Waals surface area contributed by atoms with Crippen LogP contribution in [0.3, 0.4) is 0 Å². The van der Waals surface area contributed by atoms with Crippen molar-refractivity contribution in [1.29, 1.82) is 5.26 Å². The summed E-state index contributed by atoms with van der Waals surface area (Å²) in [4.78, 5) is 14.0. The molecule has 9 heteroatoms. The second-order valence-electron chi connectivity index (χ2n) is 7.01. The lowest BCUT2D eigenvalue weighted by molar-refractivity contribution is -0.137. The molecule has 0 fully saturated rings. The van der Waals surface area contributed by atoms with Gasteiger partial charge in [0.15, 0.2) is 0 Å². The highest BCUT2D eigenvalue weighted by atomic mass is 32.1. The van der Waals surface area contributed by atoms with Crippen molar-refractivity contribution in [2.45, 2.75) is 12.7 Å². The zero-order chi connectivity index (χ0) is 23.8. The first-order chi connectivity index (χ1) is 15.7. The van der Waals surface area contributed by atoms with Crippen molar-refractivity contribution in [3.8, 4) is 27.1 Å². The van der Waals surface area contributed by atoms with Crippen molar-refractivity contribution in [1.82, 2.24) is 4.57 Å². The Hall–Kier alpha value is -3.77. The van der Waals surface area contributed by atoms with Crippen LogP contribution in [0, 0.1) is 29.0 Å². The molecule has 0 bridgehead atoms. The molecule has 0 spiro atoms. The number of aromatic nitrogens is 1. The Morgan fingerprint density at radius 3 is 2.33 bits per heavy atom. The molecular weight excluding hydrogens is 459 g/mol. The first-order valence-corrected chi connectivity index (χ1v) is 10.3. The maximum atomic E-state index is 14.3. The zero-order valence-electron chi connectivity index (χ0n) is 16.6. The normalized spacial score (nSPS) is 11.4. The van der Waals surface area contributed by atoms with Gasteiger partial charge in [0, 0.05) is 16.5 Å². The minimum Gasteiger partial charge on any atom is -0.302 e. The Labute approximate surface area is 188 Å². The van der Waals surface area contributed by atoms with E-state index in [1.54, 1.807) is 36.4 Å². The third kappa shape index (κ3) is 4.43. The predicted octanol–water partition coefficient (Wildman–Crippen LogP) is 6.26. The zero-order valence-corrected chi connectivity index (χ0v) is 17.4. The number of hydrogen-bond donors (Lipinski definition) is 0. The van der Waals surface area contributed by atoms with E-state index in [1.807, 2.05) is 0 Å². The number of hydrogen-bond acceptors (Lipinski definition) is 3. The van der Waals surface area contributed by atoms with E-state index in [2.05, 4.69) is 6.07 Å². The van der Waals surface area contributed by atoms with Gasteiger partial charge in [-0.3, -0.25) is 4.79 Å². The van der Waals surface area contributed by atoms with Crippen molar-refractivity contribution in [3.05, 3.63) is 105 Å². The number of pyridine rings is 1. The van der Waals surface area contributed by atoms with E-state index in [1.165, 1.54) is 6.07 Å². The first-order valence-electron chi connectivity index (χ1n) is 9.45. The third-order valence-electron chi connectivity index (χ3n) is 4.92. The maximum Gasteiger partial charge on any atom is 0.417 e. The summed E-state index contributed by atoms with van der Waals surface area (Å²) in [6, 6.07) is 17.8. The molecule has 0 atom stereocenters. The van der Waals surface area contributed by atoms with Crippen LogP contribution in [0.15, 0.2) is 65.5 Å². The number of rotatable bonds is 4. The molecule has 0 aliphatic heterocycles. The molecule has 0 unspecified atom stereocenters. The predicted molar refractivity (Wildman–Crippen MR) is 113 cm³/mol. The summed E-state index contributed by atoms with van der Waals surface area (Å²) in [6.07, 6.45) is -4.95. The molecular formula is C24H12F5N2OS. The van der Waals surface area contributed by atoms with Crippen molar-refractivity contribution in [3.63, 3.8) is 0 Å². The topological polar surface area (TPSA) is 45.8 Å². The van der Waals surface area contributed by atoms with Gasteiger partial charge in [0.05, 0.1) is 22.7 Å². The molecule has 0 aliphatic carbocycles. The second-order valence-corrected chi connectivity index (χ2v) is 8.09. The molecule has 2 aromatic heterocycles. The Morgan fingerprint density at radius 2 is 1.70 bits per heavy atom. The molecule has 2 aromatic carbocycles. The second kappa shape index (κ2) is 8.64. The summed E-state index contributed by atoms with van der Waals surface area (Å²) in [7, 11) is 0. The van der Waals surface area contributed by atoms with Gasteiger partial charge in [-0.2, -0.15) is 18.4 Å². The van der Waals surface area contributed by atoms with Crippen LogP contribution in [0.25, 0.3) is 21.0 Å². The highest BCUT2D eigenvalue weighted by Gasteiger charge is 2.36. The number of alkyl halides is 3.